The summed E-state index contributed by atoms with van der Waals surface area (Å²) in [6.45, 7) is 7.36. The molecule has 1 aliphatic rings. The van der Waals surface area contributed by atoms with Gasteiger partial charge in [-0.1, -0.05) is 43.3 Å². The van der Waals surface area contributed by atoms with Crippen molar-refractivity contribution in [2.45, 2.75) is 26.8 Å². The maximum Gasteiger partial charge on any atom is 0.256 e. The maximum absolute atomic E-state index is 15.4. The summed E-state index contributed by atoms with van der Waals surface area (Å²) >= 11 is 0. The third-order valence-electron chi connectivity index (χ3n) is 7.02. The molecule has 8 heteroatoms. The minimum Gasteiger partial charge on any atom is -0.384 e. The van der Waals surface area contributed by atoms with Crippen molar-refractivity contribution in [3.05, 3.63) is 95.3 Å². The highest BCUT2D eigenvalue weighted by molar-refractivity contribution is 5.95. The van der Waals surface area contributed by atoms with Crippen molar-refractivity contribution in [2.75, 3.05) is 31.9 Å². The zero-order chi connectivity index (χ0) is 26.6. The summed E-state index contributed by atoms with van der Waals surface area (Å²) in [7, 11) is 0. The standard InChI is InChI=1S/C30H31FN6O/c1-3-26-28(23-11-12-27(32)35-20(23)2)29(34-19-33-26)22-9-10-24(25(31)17-22)30(38)37-15-13-36(14-16-37)18-21-7-5-4-6-8-21/h4-12,17,19H,3,13-16,18H2,1-2H3,(H2,32,35). The molecule has 2 N–H and O–H groups in total. The first-order valence-corrected chi connectivity index (χ1v) is 12.9. The number of halogens is 1. The van der Waals surface area contributed by atoms with E-state index in [9.17, 15) is 4.79 Å². The summed E-state index contributed by atoms with van der Waals surface area (Å²) in [6.07, 6.45) is 2.16. The predicted octanol–water partition coefficient (Wildman–Crippen LogP) is 4.76. The Morgan fingerprint density at radius 3 is 2.45 bits per heavy atom. The second-order valence-corrected chi connectivity index (χ2v) is 9.52. The molecule has 2 aromatic heterocycles. The van der Waals surface area contributed by atoms with Crippen molar-refractivity contribution in [1.29, 1.82) is 0 Å². The van der Waals surface area contributed by atoms with Crippen LogP contribution in [0, 0.1) is 12.7 Å². The van der Waals surface area contributed by atoms with Crippen LogP contribution in [0.2, 0.25) is 0 Å². The number of carbonyl (C=O) groups excluding carboxylic acids is 1. The lowest BCUT2D eigenvalue weighted by Gasteiger charge is -2.34. The number of aryl methyl sites for hydroxylation is 2. The Kier molecular flexibility index (Phi) is 7.42. The van der Waals surface area contributed by atoms with E-state index in [0.29, 0.717) is 36.6 Å². The van der Waals surface area contributed by atoms with Crippen LogP contribution in [-0.4, -0.2) is 56.8 Å². The van der Waals surface area contributed by atoms with Gasteiger partial charge >= 0.3 is 0 Å². The summed E-state index contributed by atoms with van der Waals surface area (Å²) in [5.41, 5.74) is 11.6. The number of hydrogen-bond acceptors (Lipinski definition) is 6. The van der Waals surface area contributed by atoms with Crippen LogP contribution in [0.5, 0.6) is 0 Å². The Hall–Kier alpha value is -4.17. The van der Waals surface area contributed by atoms with Gasteiger partial charge in [0.05, 0.1) is 17.0 Å². The Labute approximate surface area is 222 Å². The molecule has 4 aromatic rings. The van der Waals surface area contributed by atoms with Crippen LogP contribution in [0.4, 0.5) is 10.2 Å². The Morgan fingerprint density at radius 2 is 1.76 bits per heavy atom. The van der Waals surface area contributed by atoms with Crippen molar-refractivity contribution in [3.63, 3.8) is 0 Å². The predicted molar refractivity (Wildman–Crippen MR) is 147 cm³/mol. The van der Waals surface area contributed by atoms with Gasteiger partial charge in [0.15, 0.2) is 0 Å². The number of nitrogens with zero attached hydrogens (tertiary/aromatic N) is 5. The number of hydrogen-bond donors (Lipinski definition) is 1. The summed E-state index contributed by atoms with van der Waals surface area (Å²) in [4.78, 5) is 30.6. The van der Waals surface area contributed by atoms with E-state index in [-0.39, 0.29) is 11.5 Å². The monoisotopic (exact) mass is 510 g/mol. The molecule has 1 aliphatic heterocycles. The number of pyridine rings is 1. The number of amides is 1. The normalized spacial score (nSPS) is 14.0. The second-order valence-electron chi connectivity index (χ2n) is 9.52. The van der Waals surface area contributed by atoms with Crippen LogP contribution in [0.15, 0.2) is 67.0 Å². The molecule has 1 fully saturated rings. The Balaban J connectivity index is 1.37. The van der Waals surface area contributed by atoms with Crippen LogP contribution < -0.4 is 5.73 Å². The van der Waals surface area contributed by atoms with Crippen molar-refractivity contribution >= 4 is 11.7 Å². The third kappa shape index (κ3) is 5.26. The van der Waals surface area contributed by atoms with Gasteiger partial charge in [-0.2, -0.15) is 0 Å². The van der Waals surface area contributed by atoms with Gasteiger partial charge < -0.3 is 10.6 Å². The first-order chi connectivity index (χ1) is 18.4. The van der Waals surface area contributed by atoms with Crippen LogP contribution in [-0.2, 0) is 13.0 Å². The van der Waals surface area contributed by atoms with E-state index < -0.39 is 5.82 Å². The number of aromatic nitrogens is 3. The van der Waals surface area contributed by atoms with E-state index in [1.54, 1.807) is 23.1 Å². The van der Waals surface area contributed by atoms with Crippen LogP contribution >= 0.6 is 0 Å². The molecular formula is C30H31FN6O. The van der Waals surface area contributed by atoms with Gasteiger partial charge in [0.1, 0.15) is 18.0 Å². The van der Waals surface area contributed by atoms with Crippen LogP contribution in [0.3, 0.4) is 0 Å². The lowest BCUT2D eigenvalue weighted by Crippen LogP contribution is -2.48. The van der Waals surface area contributed by atoms with Crippen LogP contribution in [0.25, 0.3) is 22.4 Å². The first-order valence-electron chi connectivity index (χ1n) is 12.9. The molecule has 0 atom stereocenters. The molecule has 1 amide bonds. The van der Waals surface area contributed by atoms with Gasteiger partial charge in [0.25, 0.3) is 5.91 Å². The molecule has 2 aromatic carbocycles. The minimum atomic E-state index is -0.561. The molecule has 38 heavy (non-hydrogen) atoms. The van der Waals surface area contributed by atoms with Gasteiger partial charge in [0.2, 0.25) is 0 Å². The summed E-state index contributed by atoms with van der Waals surface area (Å²) in [5.74, 6) is -0.421. The maximum atomic E-state index is 15.4. The third-order valence-corrected chi connectivity index (χ3v) is 7.02. The highest BCUT2D eigenvalue weighted by atomic mass is 19.1. The fourth-order valence-electron chi connectivity index (χ4n) is 4.99. The molecular weight excluding hydrogens is 479 g/mol. The van der Waals surface area contributed by atoms with Gasteiger partial charge in [-0.3, -0.25) is 9.69 Å². The molecule has 0 aliphatic carbocycles. The van der Waals surface area contributed by atoms with E-state index in [0.717, 1.165) is 42.1 Å². The second kappa shape index (κ2) is 11.1. The average Bonchev–Trinajstić information content (AvgIpc) is 2.93. The van der Waals surface area contributed by atoms with E-state index in [1.165, 1.54) is 18.0 Å². The number of nitrogen functional groups attached to an aromatic ring is 1. The highest BCUT2D eigenvalue weighted by Gasteiger charge is 2.25. The number of benzene rings is 2. The molecule has 0 radical (unpaired) electrons. The summed E-state index contributed by atoms with van der Waals surface area (Å²) < 4.78 is 15.4. The fourth-order valence-corrected chi connectivity index (χ4v) is 4.99. The average molecular weight is 511 g/mol. The van der Waals surface area contributed by atoms with Gasteiger partial charge in [-0.25, -0.2) is 19.3 Å². The van der Waals surface area contributed by atoms with E-state index >= 15 is 4.39 Å². The molecule has 0 unspecified atom stereocenters. The Bertz CT molecular complexity index is 1450. The molecule has 7 nitrogen and oxygen atoms in total. The molecule has 194 valence electrons. The van der Waals surface area contributed by atoms with E-state index in [4.69, 9.17) is 5.73 Å². The Morgan fingerprint density at radius 1 is 1.00 bits per heavy atom. The quantitative estimate of drug-likeness (QED) is 0.403. The van der Waals surface area contributed by atoms with E-state index in [1.807, 2.05) is 38.1 Å². The lowest BCUT2D eigenvalue weighted by molar-refractivity contribution is 0.0624. The topological polar surface area (TPSA) is 88.2 Å². The SMILES string of the molecule is CCc1ncnc(-c2ccc(C(=O)N3CCN(Cc4ccccc4)CC3)c(F)c2)c1-c1ccc(N)nc1C. The number of anilines is 1. The summed E-state index contributed by atoms with van der Waals surface area (Å²) in [6, 6.07) is 18.6. The molecule has 0 saturated carbocycles. The zero-order valence-corrected chi connectivity index (χ0v) is 21.7. The number of piperazine rings is 1. The van der Waals surface area contributed by atoms with Crippen molar-refractivity contribution in [2.24, 2.45) is 0 Å². The lowest BCUT2D eigenvalue weighted by atomic mass is 9.95. The minimum absolute atomic E-state index is 0.0712. The molecule has 3 heterocycles. The highest BCUT2D eigenvalue weighted by Crippen LogP contribution is 2.35. The van der Waals surface area contributed by atoms with Crippen molar-refractivity contribution < 1.29 is 9.18 Å². The number of nitrogens with two attached hydrogens (primary N) is 1. The number of rotatable bonds is 6. The van der Waals surface area contributed by atoms with Gasteiger partial charge in [-0.15, -0.1) is 0 Å². The largest absolute Gasteiger partial charge is 0.384 e. The van der Waals surface area contributed by atoms with Gasteiger partial charge in [-0.05, 0) is 43.2 Å². The van der Waals surface area contributed by atoms with E-state index in [2.05, 4.69) is 32.0 Å². The zero-order valence-electron chi connectivity index (χ0n) is 21.7. The smallest absolute Gasteiger partial charge is 0.256 e. The van der Waals surface area contributed by atoms with Crippen molar-refractivity contribution in [1.82, 2.24) is 24.8 Å². The van der Waals surface area contributed by atoms with Crippen LogP contribution in [0.1, 0.15) is 34.2 Å². The molecule has 0 spiro atoms. The summed E-state index contributed by atoms with van der Waals surface area (Å²) in [5, 5.41) is 0. The van der Waals surface area contributed by atoms with Gasteiger partial charge in [0, 0.05) is 55.1 Å². The fraction of sp³-hybridized carbons (Fsp3) is 0.267. The molecule has 5 rings (SSSR count). The number of carbonyl (C=O) groups is 1. The molecule has 0 bridgehead atoms. The van der Waals surface area contributed by atoms with Crippen molar-refractivity contribution in [3.8, 4) is 22.4 Å². The molecule has 1 saturated heterocycles. The first kappa shape index (κ1) is 25.5.